The van der Waals surface area contributed by atoms with E-state index in [0.717, 1.165) is 17.5 Å². The van der Waals surface area contributed by atoms with Crippen LogP contribution in [0.1, 0.15) is 21.6 Å². The summed E-state index contributed by atoms with van der Waals surface area (Å²) >= 11 is 1.08. The first-order valence-electron chi connectivity index (χ1n) is 5.35. The molecule has 2 aromatic rings. The molecule has 0 fully saturated rings. The molecule has 2 aromatic heterocycles. The molecule has 0 unspecified atom stereocenters. The Morgan fingerprint density at radius 1 is 1.37 bits per heavy atom. The van der Waals surface area contributed by atoms with Crippen LogP contribution in [0.5, 0.6) is 0 Å². The van der Waals surface area contributed by atoms with Gasteiger partial charge in [0.05, 0.1) is 11.1 Å². The summed E-state index contributed by atoms with van der Waals surface area (Å²) in [6.45, 7) is 1.81. The summed E-state index contributed by atoms with van der Waals surface area (Å²) in [5, 5.41) is 18.9. The molecule has 0 amide bonds. The van der Waals surface area contributed by atoms with E-state index in [1.54, 1.807) is 18.2 Å². The van der Waals surface area contributed by atoms with Crippen LogP contribution in [0.3, 0.4) is 0 Å². The average Bonchev–Trinajstić information content (AvgIpc) is 2.39. The van der Waals surface area contributed by atoms with E-state index in [0.29, 0.717) is 15.6 Å². The van der Waals surface area contributed by atoms with E-state index >= 15 is 0 Å². The number of carboxylic acids is 1. The molecular formula is C13H9N3O2S. The molecule has 2 heterocycles. The number of pyridine rings is 2. The maximum absolute atomic E-state index is 11.1. The Morgan fingerprint density at radius 2 is 2.16 bits per heavy atom. The second-order valence-corrected chi connectivity index (χ2v) is 4.66. The SMILES string of the molecule is Cc1ccc(C#N)c(Sc2ncccc2C(=O)O)n1. The highest BCUT2D eigenvalue weighted by molar-refractivity contribution is 7.99. The van der Waals surface area contributed by atoms with Gasteiger partial charge < -0.3 is 5.11 Å². The molecular weight excluding hydrogens is 262 g/mol. The van der Waals surface area contributed by atoms with E-state index in [2.05, 4.69) is 9.97 Å². The van der Waals surface area contributed by atoms with Crippen molar-refractivity contribution in [2.24, 2.45) is 0 Å². The number of nitriles is 1. The van der Waals surface area contributed by atoms with Crippen LogP contribution in [0, 0.1) is 18.3 Å². The number of hydrogen-bond donors (Lipinski definition) is 1. The highest BCUT2D eigenvalue weighted by atomic mass is 32.2. The predicted octanol–water partition coefficient (Wildman–Crippen LogP) is 2.51. The molecule has 19 heavy (non-hydrogen) atoms. The van der Waals surface area contributed by atoms with Crippen LogP contribution in [-0.2, 0) is 0 Å². The summed E-state index contributed by atoms with van der Waals surface area (Å²) in [7, 11) is 0. The van der Waals surface area contributed by atoms with Crippen LogP contribution in [0.2, 0.25) is 0 Å². The highest BCUT2D eigenvalue weighted by Gasteiger charge is 2.14. The number of aromatic nitrogens is 2. The molecule has 0 atom stereocenters. The maximum atomic E-state index is 11.1. The molecule has 94 valence electrons. The Balaban J connectivity index is 2.45. The van der Waals surface area contributed by atoms with E-state index in [1.165, 1.54) is 12.3 Å². The Morgan fingerprint density at radius 3 is 2.84 bits per heavy atom. The van der Waals surface area contributed by atoms with Crippen molar-refractivity contribution in [2.75, 3.05) is 0 Å². The van der Waals surface area contributed by atoms with Gasteiger partial charge in [0.2, 0.25) is 0 Å². The fraction of sp³-hybridized carbons (Fsp3) is 0.0769. The van der Waals surface area contributed by atoms with Gasteiger partial charge in [0.25, 0.3) is 0 Å². The summed E-state index contributed by atoms with van der Waals surface area (Å²) in [5.74, 6) is -1.05. The van der Waals surface area contributed by atoms with Crippen LogP contribution in [0.4, 0.5) is 0 Å². The van der Waals surface area contributed by atoms with Crippen molar-refractivity contribution in [1.29, 1.82) is 5.26 Å². The smallest absolute Gasteiger partial charge is 0.338 e. The molecule has 6 heteroatoms. The minimum Gasteiger partial charge on any atom is -0.478 e. The minimum atomic E-state index is -1.05. The normalized spacial score (nSPS) is 9.89. The lowest BCUT2D eigenvalue weighted by Gasteiger charge is -2.05. The van der Waals surface area contributed by atoms with Crippen molar-refractivity contribution in [2.45, 2.75) is 17.0 Å². The van der Waals surface area contributed by atoms with Crippen LogP contribution >= 0.6 is 11.8 Å². The topological polar surface area (TPSA) is 86.9 Å². The monoisotopic (exact) mass is 271 g/mol. The van der Waals surface area contributed by atoms with Crippen LogP contribution < -0.4 is 0 Å². The first kappa shape index (κ1) is 13.1. The number of aromatic carboxylic acids is 1. The average molecular weight is 271 g/mol. The van der Waals surface area contributed by atoms with Crippen molar-refractivity contribution in [3.8, 4) is 6.07 Å². The number of hydrogen-bond acceptors (Lipinski definition) is 5. The number of carbonyl (C=O) groups is 1. The van der Waals surface area contributed by atoms with Gasteiger partial charge >= 0.3 is 5.97 Å². The quantitative estimate of drug-likeness (QED) is 0.922. The Labute approximate surface area is 113 Å². The Kier molecular flexibility index (Phi) is 3.78. The molecule has 0 radical (unpaired) electrons. The summed E-state index contributed by atoms with van der Waals surface area (Å²) in [6, 6.07) is 8.46. The third-order valence-corrected chi connectivity index (χ3v) is 3.34. The third kappa shape index (κ3) is 2.89. The van der Waals surface area contributed by atoms with Crippen LogP contribution in [0.25, 0.3) is 0 Å². The van der Waals surface area contributed by atoms with Crippen LogP contribution in [0.15, 0.2) is 40.5 Å². The van der Waals surface area contributed by atoms with Crippen molar-refractivity contribution in [3.63, 3.8) is 0 Å². The molecule has 1 N–H and O–H groups in total. The van der Waals surface area contributed by atoms with E-state index in [4.69, 9.17) is 10.4 Å². The number of nitrogens with zero attached hydrogens (tertiary/aromatic N) is 3. The zero-order valence-electron chi connectivity index (χ0n) is 9.99. The molecule has 0 saturated carbocycles. The van der Waals surface area contributed by atoms with Gasteiger partial charge in [0.1, 0.15) is 16.1 Å². The number of aryl methyl sites for hydroxylation is 1. The lowest BCUT2D eigenvalue weighted by atomic mass is 10.3. The Hall–Kier alpha value is -2.39. The molecule has 0 spiro atoms. The summed E-state index contributed by atoms with van der Waals surface area (Å²) in [4.78, 5) is 19.4. The number of rotatable bonds is 3. The van der Waals surface area contributed by atoms with E-state index in [1.807, 2.05) is 13.0 Å². The highest BCUT2D eigenvalue weighted by Crippen LogP contribution is 2.29. The molecule has 0 aromatic carbocycles. The number of carboxylic acid groups (broad SMARTS) is 1. The van der Waals surface area contributed by atoms with E-state index < -0.39 is 5.97 Å². The van der Waals surface area contributed by atoms with Gasteiger partial charge in [-0.25, -0.2) is 14.8 Å². The minimum absolute atomic E-state index is 0.0969. The van der Waals surface area contributed by atoms with Crippen molar-refractivity contribution in [1.82, 2.24) is 9.97 Å². The largest absolute Gasteiger partial charge is 0.478 e. The van der Waals surface area contributed by atoms with Gasteiger partial charge in [0, 0.05) is 11.9 Å². The third-order valence-electron chi connectivity index (χ3n) is 2.31. The second-order valence-electron chi connectivity index (χ2n) is 3.68. The fourth-order valence-corrected chi connectivity index (χ4v) is 2.40. The molecule has 0 saturated heterocycles. The predicted molar refractivity (Wildman–Crippen MR) is 69.0 cm³/mol. The van der Waals surface area contributed by atoms with Gasteiger partial charge in [-0.15, -0.1) is 0 Å². The first-order valence-corrected chi connectivity index (χ1v) is 6.17. The van der Waals surface area contributed by atoms with Gasteiger partial charge in [-0.1, -0.05) is 0 Å². The molecule has 0 bridgehead atoms. The zero-order chi connectivity index (χ0) is 13.8. The van der Waals surface area contributed by atoms with Crippen molar-refractivity contribution in [3.05, 3.63) is 47.3 Å². The standard InChI is InChI=1S/C13H9N3O2S/c1-8-4-5-9(7-14)11(16-8)19-12-10(13(17)18)3-2-6-15-12/h2-6H,1H3,(H,17,18). The molecule has 0 aliphatic heterocycles. The summed E-state index contributed by atoms with van der Waals surface area (Å²) in [5.41, 5.74) is 1.26. The van der Waals surface area contributed by atoms with Gasteiger partial charge in [0.15, 0.2) is 0 Å². The maximum Gasteiger partial charge on any atom is 0.338 e. The second kappa shape index (κ2) is 5.50. The first-order chi connectivity index (χ1) is 9.11. The Bertz CT molecular complexity index is 680. The molecule has 5 nitrogen and oxygen atoms in total. The lowest BCUT2D eigenvalue weighted by molar-refractivity contribution is 0.0692. The molecule has 0 aliphatic carbocycles. The van der Waals surface area contributed by atoms with E-state index in [-0.39, 0.29) is 5.56 Å². The lowest BCUT2D eigenvalue weighted by Crippen LogP contribution is -2.01. The summed E-state index contributed by atoms with van der Waals surface area (Å²) < 4.78 is 0. The van der Waals surface area contributed by atoms with E-state index in [9.17, 15) is 4.79 Å². The van der Waals surface area contributed by atoms with Gasteiger partial charge in [-0.05, 0) is 43.0 Å². The fourth-order valence-electron chi connectivity index (χ4n) is 1.42. The molecule has 0 aliphatic rings. The molecule has 2 rings (SSSR count). The zero-order valence-corrected chi connectivity index (χ0v) is 10.8. The van der Waals surface area contributed by atoms with Gasteiger partial charge in [-0.2, -0.15) is 5.26 Å². The van der Waals surface area contributed by atoms with Crippen LogP contribution in [-0.4, -0.2) is 21.0 Å². The van der Waals surface area contributed by atoms with Crippen molar-refractivity contribution >= 4 is 17.7 Å². The summed E-state index contributed by atoms with van der Waals surface area (Å²) in [6.07, 6.45) is 1.51. The van der Waals surface area contributed by atoms with Crippen molar-refractivity contribution < 1.29 is 9.90 Å². The van der Waals surface area contributed by atoms with Gasteiger partial charge in [-0.3, -0.25) is 0 Å².